The van der Waals surface area contributed by atoms with E-state index in [1.165, 1.54) is 10.9 Å². The van der Waals surface area contributed by atoms with Crippen LogP contribution in [0.15, 0.2) is 48.1 Å². The SMILES string of the molecule is CC(Nc1ccc([N+](=O)[O-])c2ccncc12)c1cccs1. The van der Waals surface area contributed by atoms with Gasteiger partial charge in [-0.15, -0.1) is 11.3 Å². The third-order valence-corrected chi connectivity index (χ3v) is 4.39. The molecule has 2 heterocycles. The normalized spacial score (nSPS) is 12.2. The predicted octanol–water partition coefficient (Wildman–Crippen LogP) is 4.38. The van der Waals surface area contributed by atoms with Crippen molar-refractivity contribution in [3.05, 3.63) is 63.1 Å². The van der Waals surface area contributed by atoms with Crippen molar-refractivity contribution in [1.82, 2.24) is 4.98 Å². The quantitative estimate of drug-likeness (QED) is 0.573. The molecule has 1 unspecified atom stereocenters. The molecule has 1 aromatic carbocycles. The van der Waals surface area contributed by atoms with Gasteiger partial charge < -0.3 is 5.32 Å². The Labute approximate surface area is 125 Å². The van der Waals surface area contributed by atoms with Crippen molar-refractivity contribution in [3.8, 4) is 0 Å². The molecular weight excluding hydrogens is 286 g/mol. The van der Waals surface area contributed by atoms with E-state index in [0.29, 0.717) is 5.39 Å². The summed E-state index contributed by atoms with van der Waals surface area (Å²) in [6.07, 6.45) is 3.23. The third-order valence-electron chi connectivity index (χ3n) is 3.33. The summed E-state index contributed by atoms with van der Waals surface area (Å²) in [5.74, 6) is 0. The largest absolute Gasteiger partial charge is 0.377 e. The lowest BCUT2D eigenvalue weighted by Gasteiger charge is -2.15. The van der Waals surface area contributed by atoms with Crippen LogP contribution in [0.4, 0.5) is 11.4 Å². The summed E-state index contributed by atoms with van der Waals surface area (Å²) < 4.78 is 0. The summed E-state index contributed by atoms with van der Waals surface area (Å²) in [6.45, 7) is 2.06. The standard InChI is InChI=1S/C15H13N3O2S/c1-10(15-3-2-8-21-15)17-13-4-5-14(18(19)20)11-6-7-16-9-12(11)13/h2-10,17H,1H3. The molecular formula is C15H13N3O2S. The topological polar surface area (TPSA) is 68.1 Å². The summed E-state index contributed by atoms with van der Waals surface area (Å²) in [6, 6.07) is 9.16. The van der Waals surface area contributed by atoms with E-state index in [1.807, 2.05) is 11.4 Å². The zero-order valence-corrected chi connectivity index (χ0v) is 12.1. The van der Waals surface area contributed by atoms with Crippen LogP contribution in [0.25, 0.3) is 10.8 Å². The maximum Gasteiger partial charge on any atom is 0.277 e. The van der Waals surface area contributed by atoms with Gasteiger partial charge in [-0.25, -0.2) is 0 Å². The van der Waals surface area contributed by atoms with Crippen LogP contribution in [0.2, 0.25) is 0 Å². The van der Waals surface area contributed by atoms with Crippen LogP contribution in [0, 0.1) is 10.1 Å². The molecule has 0 aliphatic carbocycles. The average Bonchev–Trinajstić information content (AvgIpc) is 3.01. The highest BCUT2D eigenvalue weighted by Gasteiger charge is 2.15. The van der Waals surface area contributed by atoms with E-state index in [9.17, 15) is 10.1 Å². The molecule has 6 heteroatoms. The molecule has 1 N–H and O–H groups in total. The smallest absolute Gasteiger partial charge is 0.277 e. The van der Waals surface area contributed by atoms with E-state index in [1.54, 1.807) is 35.9 Å². The molecule has 0 saturated carbocycles. The Morgan fingerprint density at radius 1 is 1.29 bits per heavy atom. The Bertz CT molecular complexity index is 787. The second-order valence-corrected chi connectivity index (χ2v) is 5.67. The maximum absolute atomic E-state index is 11.1. The van der Waals surface area contributed by atoms with Crippen molar-refractivity contribution >= 4 is 33.5 Å². The lowest BCUT2D eigenvalue weighted by Crippen LogP contribution is -2.05. The second-order valence-electron chi connectivity index (χ2n) is 4.69. The molecule has 5 nitrogen and oxygen atoms in total. The summed E-state index contributed by atoms with van der Waals surface area (Å²) in [4.78, 5) is 16.0. The number of nitro benzene ring substituents is 1. The summed E-state index contributed by atoms with van der Waals surface area (Å²) in [5.41, 5.74) is 0.950. The fraction of sp³-hybridized carbons (Fsp3) is 0.133. The van der Waals surface area contributed by atoms with Crippen LogP contribution in [0.1, 0.15) is 17.8 Å². The third kappa shape index (κ3) is 2.57. The first-order valence-electron chi connectivity index (χ1n) is 6.48. The fourth-order valence-corrected chi connectivity index (χ4v) is 3.04. The zero-order valence-electron chi connectivity index (χ0n) is 11.3. The minimum absolute atomic E-state index is 0.0988. The molecule has 0 bridgehead atoms. The molecule has 3 aromatic rings. The number of thiophene rings is 1. The van der Waals surface area contributed by atoms with Gasteiger partial charge in [0.15, 0.2) is 0 Å². The Morgan fingerprint density at radius 3 is 2.86 bits per heavy atom. The van der Waals surface area contributed by atoms with E-state index >= 15 is 0 Å². The van der Waals surface area contributed by atoms with Crippen molar-refractivity contribution in [1.29, 1.82) is 0 Å². The number of aromatic nitrogens is 1. The number of nitrogens with one attached hydrogen (secondary N) is 1. The summed E-state index contributed by atoms with van der Waals surface area (Å²) in [5, 5.41) is 17.9. The van der Waals surface area contributed by atoms with E-state index in [-0.39, 0.29) is 16.7 Å². The van der Waals surface area contributed by atoms with Gasteiger partial charge in [-0.1, -0.05) is 6.07 Å². The van der Waals surface area contributed by atoms with Crippen molar-refractivity contribution < 1.29 is 4.92 Å². The van der Waals surface area contributed by atoms with Crippen molar-refractivity contribution in [2.75, 3.05) is 5.32 Å². The molecule has 0 amide bonds. The number of benzene rings is 1. The molecule has 21 heavy (non-hydrogen) atoms. The first-order valence-corrected chi connectivity index (χ1v) is 7.36. The van der Waals surface area contributed by atoms with Gasteiger partial charge >= 0.3 is 0 Å². The lowest BCUT2D eigenvalue weighted by molar-refractivity contribution is -0.383. The van der Waals surface area contributed by atoms with Gasteiger partial charge in [0, 0.05) is 34.4 Å². The molecule has 106 valence electrons. The van der Waals surface area contributed by atoms with Gasteiger partial charge in [0.1, 0.15) is 0 Å². The fourth-order valence-electron chi connectivity index (χ4n) is 2.30. The van der Waals surface area contributed by atoms with Gasteiger partial charge in [0.05, 0.1) is 16.4 Å². The van der Waals surface area contributed by atoms with Gasteiger partial charge in [-0.05, 0) is 30.5 Å². The molecule has 0 radical (unpaired) electrons. The van der Waals surface area contributed by atoms with E-state index < -0.39 is 0 Å². The number of hydrogen-bond acceptors (Lipinski definition) is 5. The number of fused-ring (bicyclic) bond motifs is 1. The average molecular weight is 299 g/mol. The van der Waals surface area contributed by atoms with E-state index in [0.717, 1.165) is 11.1 Å². The van der Waals surface area contributed by atoms with Crippen LogP contribution in [0.5, 0.6) is 0 Å². The number of anilines is 1. The number of nitrogens with zero attached hydrogens (tertiary/aromatic N) is 2. The minimum atomic E-state index is -0.366. The lowest BCUT2D eigenvalue weighted by atomic mass is 10.1. The minimum Gasteiger partial charge on any atom is -0.377 e. The van der Waals surface area contributed by atoms with E-state index in [4.69, 9.17) is 0 Å². The van der Waals surface area contributed by atoms with E-state index in [2.05, 4.69) is 23.3 Å². The van der Waals surface area contributed by atoms with Crippen LogP contribution in [-0.2, 0) is 0 Å². The summed E-state index contributed by atoms with van der Waals surface area (Å²) in [7, 11) is 0. The highest BCUT2D eigenvalue weighted by atomic mass is 32.1. The molecule has 1 atom stereocenters. The van der Waals surface area contributed by atoms with Gasteiger partial charge in [0.2, 0.25) is 0 Å². The van der Waals surface area contributed by atoms with Crippen molar-refractivity contribution in [2.45, 2.75) is 13.0 Å². The second kappa shape index (κ2) is 5.49. The summed E-state index contributed by atoms with van der Waals surface area (Å²) >= 11 is 1.68. The molecule has 0 aliphatic heterocycles. The molecule has 2 aromatic heterocycles. The van der Waals surface area contributed by atoms with Gasteiger partial charge in [0.25, 0.3) is 5.69 Å². The first kappa shape index (κ1) is 13.5. The molecule has 0 fully saturated rings. The molecule has 0 saturated heterocycles. The molecule has 3 rings (SSSR count). The van der Waals surface area contributed by atoms with Crippen molar-refractivity contribution in [3.63, 3.8) is 0 Å². The Kier molecular flexibility index (Phi) is 3.53. The highest BCUT2D eigenvalue weighted by molar-refractivity contribution is 7.10. The van der Waals surface area contributed by atoms with Crippen LogP contribution in [0.3, 0.4) is 0 Å². The van der Waals surface area contributed by atoms with Gasteiger partial charge in [-0.3, -0.25) is 15.1 Å². The zero-order chi connectivity index (χ0) is 14.8. The number of hydrogen-bond donors (Lipinski definition) is 1. The van der Waals surface area contributed by atoms with Gasteiger partial charge in [-0.2, -0.15) is 0 Å². The Balaban J connectivity index is 2.04. The monoisotopic (exact) mass is 299 g/mol. The number of nitro groups is 1. The predicted molar refractivity (Wildman–Crippen MR) is 84.8 cm³/mol. The molecule has 0 aliphatic rings. The van der Waals surface area contributed by atoms with Crippen molar-refractivity contribution in [2.24, 2.45) is 0 Å². The highest BCUT2D eigenvalue weighted by Crippen LogP contribution is 2.33. The van der Waals surface area contributed by atoms with Crippen LogP contribution in [-0.4, -0.2) is 9.91 Å². The number of rotatable bonds is 4. The van der Waals surface area contributed by atoms with Crippen LogP contribution >= 0.6 is 11.3 Å². The molecule has 0 spiro atoms. The van der Waals surface area contributed by atoms with Crippen LogP contribution < -0.4 is 5.32 Å². The maximum atomic E-state index is 11.1. The Hall–Kier alpha value is -2.47. The number of pyridine rings is 1. The first-order chi connectivity index (χ1) is 10.2. The number of non-ortho nitro benzene ring substituents is 1. The Morgan fingerprint density at radius 2 is 2.14 bits per heavy atom.